The van der Waals surface area contributed by atoms with Gasteiger partial charge >= 0.3 is 0 Å². The van der Waals surface area contributed by atoms with Crippen LogP contribution in [0.2, 0.25) is 15.1 Å². The number of halogens is 3. The lowest BCUT2D eigenvalue weighted by molar-refractivity contribution is -0.116. The van der Waals surface area contributed by atoms with Gasteiger partial charge in [-0.25, -0.2) is 0 Å². The van der Waals surface area contributed by atoms with Gasteiger partial charge in [0.05, 0.1) is 10.0 Å². The lowest BCUT2D eigenvalue weighted by Gasteiger charge is -2.18. The standard InChI is InChI=1S/C23H17Cl3N2O/c24-15-7-9-22-18(11-15)19(13-27-22)17(14-6-8-20(25)21(26)10-14)12-23(29)28-16-4-2-1-3-5-16/h1-11,13,17,27H,12H2,(H,28,29)/t17-/m1/s1. The maximum atomic E-state index is 12.8. The van der Waals surface area contributed by atoms with Crippen LogP contribution in [-0.4, -0.2) is 10.9 Å². The molecule has 29 heavy (non-hydrogen) atoms. The van der Waals surface area contributed by atoms with Gasteiger partial charge in [0, 0.05) is 40.1 Å². The minimum absolute atomic E-state index is 0.0938. The summed E-state index contributed by atoms with van der Waals surface area (Å²) < 4.78 is 0. The summed E-state index contributed by atoms with van der Waals surface area (Å²) in [7, 11) is 0. The van der Waals surface area contributed by atoms with Crippen molar-refractivity contribution in [3.05, 3.63) is 99.1 Å². The average Bonchev–Trinajstić information content (AvgIpc) is 3.12. The van der Waals surface area contributed by atoms with Gasteiger partial charge in [0.1, 0.15) is 0 Å². The summed E-state index contributed by atoms with van der Waals surface area (Å²) in [4.78, 5) is 16.1. The first-order valence-electron chi connectivity index (χ1n) is 9.07. The molecule has 0 saturated heterocycles. The van der Waals surface area contributed by atoms with Gasteiger partial charge in [0.15, 0.2) is 0 Å². The van der Waals surface area contributed by atoms with Crippen LogP contribution >= 0.6 is 34.8 Å². The van der Waals surface area contributed by atoms with E-state index in [9.17, 15) is 4.79 Å². The summed E-state index contributed by atoms with van der Waals surface area (Å²) in [6.45, 7) is 0. The van der Waals surface area contributed by atoms with Gasteiger partial charge in [-0.2, -0.15) is 0 Å². The molecule has 3 nitrogen and oxygen atoms in total. The summed E-state index contributed by atoms with van der Waals surface area (Å²) in [5, 5.41) is 5.50. The van der Waals surface area contributed by atoms with Crippen molar-refractivity contribution >= 4 is 57.3 Å². The first kappa shape index (κ1) is 19.8. The normalized spacial score (nSPS) is 12.1. The minimum Gasteiger partial charge on any atom is -0.361 e. The highest BCUT2D eigenvalue weighted by Gasteiger charge is 2.22. The van der Waals surface area contributed by atoms with Crippen LogP contribution in [0.3, 0.4) is 0 Å². The Morgan fingerprint density at radius 1 is 0.931 bits per heavy atom. The molecule has 0 spiro atoms. The van der Waals surface area contributed by atoms with Crippen molar-refractivity contribution in [2.45, 2.75) is 12.3 Å². The molecule has 0 fully saturated rings. The predicted octanol–water partition coefficient (Wildman–Crippen LogP) is 7.29. The third-order valence-corrected chi connectivity index (χ3v) is 5.82. The third kappa shape index (κ3) is 4.43. The van der Waals surface area contributed by atoms with Crippen molar-refractivity contribution < 1.29 is 4.79 Å². The van der Waals surface area contributed by atoms with Crippen molar-refractivity contribution in [1.29, 1.82) is 0 Å². The Hall–Kier alpha value is -2.46. The van der Waals surface area contributed by atoms with Crippen LogP contribution in [0.4, 0.5) is 5.69 Å². The predicted molar refractivity (Wildman–Crippen MR) is 121 cm³/mol. The van der Waals surface area contributed by atoms with Gasteiger partial charge in [-0.15, -0.1) is 0 Å². The molecule has 1 atom stereocenters. The minimum atomic E-state index is -0.222. The van der Waals surface area contributed by atoms with Crippen LogP contribution in [0, 0.1) is 0 Å². The summed E-state index contributed by atoms with van der Waals surface area (Å²) in [6.07, 6.45) is 2.16. The molecule has 0 unspecified atom stereocenters. The van der Waals surface area contributed by atoms with Crippen molar-refractivity contribution in [1.82, 2.24) is 4.98 Å². The van der Waals surface area contributed by atoms with Crippen LogP contribution in [-0.2, 0) is 4.79 Å². The Kier molecular flexibility index (Phi) is 5.81. The molecule has 0 aliphatic carbocycles. The molecule has 146 valence electrons. The van der Waals surface area contributed by atoms with Crippen molar-refractivity contribution in [2.24, 2.45) is 0 Å². The molecule has 4 rings (SSSR count). The molecule has 4 aromatic rings. The Morgan fingerprint density at radius 2 is 1.72 bits per heavy atom. The highest BCUT2D eigenvalue weighted by molar-refractivity contribution is 6.42. The number of carbonyl (C=O) groups is 1. The number of hydrogen-bond acceptors (Lipinski definition) is 1. The van der Waals surface area contributed by atoms with Gasteiger partial charge < -0.3 is 10.3 Å². The highest BCUT2D eigenvalue weighted by atomic mass is 35.5. The van der Waals surface area contributed by atoms with E-state index in [0.717, 1.165) is 27.7 Å². The molecule has 0 aliphatic heterocycles. The van der Waals surface area contributed by atoms with E-state index in [0.29, 0.717) is 15.1 Å². The number of aromatic nitrogens is 1. The summed E-state index contributed by atoms with van der Waals surface area (Å²) in [5.74, 6) is -0.315. The fraction of sp³-hybridized carbons (Fsp3) is 0.0870. The SMILES string of the molecule is O=C(C[C@H](c1ccc(Cl)c(Cl)c1)c1c[nH]c2ccc(Cl)cc12)Nc1ccccc1. The summed E-state index contributed by atoms with van der Waals surface area (Å²) >= 11 is 18.6. The molecule has 2 N–H and O–H groups in total. The van der Waals surface area contributed by atoms with Crippen molar-refractivity contribution in [3.8, 4) is 0 Å². The molecular formula is C23H17Cl3N2O. The summed E-state index contributed by atoms with van der Waals surface area (Å²) in [6, 6.07) is 20.5. The number of rotatable bonds is 5. The van der Waals surface area contributed by atoms with E-state index in [1.165, 1.54) is 0 Å². The van der Waals surface area contributed by atoms with Gasteiger partial charge in [-0.1, -0.05) is 59.1 Å². The highest BCUT2D eigenvalue weighted by Crippen LogP contribution is 2.37. The largest absolute Gasteiger partial charge is 0.361 e. The molecule has 0 aliphatic rings. The van der Waals surface area contributed by atoms with Crippen LogP contribution in [0.1, 0.15) is 23.5 Å². The molecule has 1 amide bonds. The Morgan fingerprint density at radius 3 is 2.48 bits per heavy atom. The zero-order chi connectivity index (χ0) is 20.4. The number of amides is 1. The number of carbonyl (C=O) groups excluding carboxylic acids is 1. The number of H-pyrrole nitrogens is 1. The monoisotopic (exact) mass is 442 g/mol. The Labute approximate surface area is 183 Å². The molecule has 1 aromatic heterocycles. The zero-order valence-corrected chi connectivity index (χ0v) is 17.5. The zero-order valence-electron chi connectivity index (χ0n) is 15.3. The maximum Gasteiger partial charge on any atom is 0.225 e. The molecule has 6 heteroatoms. The molecule has 1 heterocycles. The number of anilines is 1. The average molecular weight is 444 g/mol. The van der Waals surface area contributed by atoms with Gasteiger partial charge in [-0.05, 0) is 53.6 Å². The third-order valence-electron chi connectivity index (χ3n) is 4.84. The second-order valence-electron chi connectivity index (χ2n) is 6.78. The van der Waals surface area contributed by atoms with Crippen molar-refractivity contribution in [3.63, 3.8) is 0 Å². The fourth-order valence-electron chi connectivity index (χ4n) is 3.46. The number of para-hydroxylation sites is 1. The molecular weight excluding hydrogens is 427 g/mol. The fourth-order valence-corrected chi connectivity index (χ4v) is 3.94. The number of aromatic amines is 1. The van der Waals surface area contributed by atoms with Crippen molar-refractivity contribution in [2.75, 3.05) is 5.32 Å². The Balaban J connectivity index is 1.73. The lowest BCUT2D eigenvalue weighted by Crippen LogP contribution is -2.16. The molecule has 0 radical (unpaired) electrons. The smallest absolute Gasteiger partial charge is 0.225 e. The van der Waals surface area contributed by atoms with Crippen LogP contribution in [0.15, 0.2) is 72.9 Å². The second-order valence-corrected chi connectivity index (χ2v) is 8.03. The van der Waals surface area contributed by atoms with Crippen LogP contribution in [0.5, 0.6) is 0 Å². The quantitative estimate of drug-likeness (QED) is 0.334. The van der Waals surface area contributed by atoms with Crippen LogP contribution < -0.4 is 5.32 Å². The van der Waals surface area contributed by atoms with E-state index >= 15 is 0 Å². The topological polar surface area (TPSA) is 44.9 Å². The number of hydrogen-bond donors (Lipinski definition) is 2. The van der Waals surface area contributed by atoms with Crippen LogP contribution in [0.25, 0.3) is 10.9 Å². The summed E-state index contributed by atoms with van der Waals surface area (Å²) in [5.41, 5.74) is 3.60. The van der Waals surface area contributed by atoms with E-state index in [-0.39, 0.29) is 18.2 Å². The van der Waals surface area contributed by atoms with Gasteiger partial charge in [0.25, 0.3) is 0 Å². The van der Waals surface area contributed by atoms with E-state index in [1.807, 2.05) is 66.9 Å². The molecule has 0 saturated carbocycles. The maximum absolute atomic E-state index is 12.8. The first-order chi connectivity index (χ1) is 14.0. The van der Waals surface area contributed by atoms with E-state index < -0.39 is 0 Å². The van der Waals surface area contributed by atoms with Gasteiger partial charge in [0.2, 0.25) is 5.91 Å². The second kappa shape index (κ2) is 8.50. The molecule has 0 bridgehead atoms. The Bertz CT molecular complexity index is 1170. The first-order valence-corrected chi connectivity index (χ1v) is 10.2. The van der Waals surface area contributed by atoms with E-state index in [1.54, 1.807) is 6.07 Å². The lowest BCUT2D eigenvalue weighted by atomic mass is 9.88. The molecule has 3 aromatic carbocycles. The number of fused-ring (bicyclic) bond motifs is 1. The number of benzene rings is 3. The number of nitrogens with one attached hydrogen (secondary N) is 2. The van der Waals surface area contributed by atoms with E-state index in [4.69, 9.17) is 34.8 Å². The van der Waals surface area contributed by atoms with E-state index in [2.05, 4.69) is 10.3 Å². The van der Waals surface area contributed by atoms with Gasteiger partial charge in [-0.3, -0.25) is 4.79 Å².